The number of tetrazole rings is 1. The quantitative estimate of drug-likeness (QED) is 0.599. The van der Waals surface area contributed by atoms with Crippen LogP contribution in [0, 0.1) is 16.7 Å². The largest absolute Gasteiger partial charge is 0.326 e. The van der Waals surface area contributed by atoms with Gasteiger partial charge in [-0.15, -0.1) is 5.10 Å². The minimum atomic E-state index is -0.387. The third-order valence-electron chi connectivity index (χ3n) is 5.32. The molecule has 4 rings (SSSR count). The van der Waals surface area contributed by atoms with Crippen molar-refractivity contribution >= 4 is 17.2 Å². The first kappa shape index (κ1) is 19.5. The molecular formula is C21H22N8O. The number of nitrogens with one attached hydrogen (secondary N) is 3. The van der Waals surface area contributed by atoms with E-state index in [1.54, 1.807) is 0 Å². The number of allylic oxidation sites excluding steroid dienone is 2. The summed E-state index contributed by atoms with van der Waals surface area (Å²) in [6.07, 6.45) is 7.16. The zero-order valence-electron chi connectivity index (χ0n) is 16.9. The van der Waals surface area contributed by atoms with Gasteiger partial charge in [0.1, 0.15) is 11.8 Å². The van der Waals surface area contributed by atoms with Crippen molar-refractivity contribution in [1.82, 2.24) is 30.6 Å². The van der Waals surface area contributed by atoms with Crippen molar-refractivity contribution < 1.29 is 4.79 Å². The van der Waals surface area contributed by atoms with Crippen LogP contribution in [0.2, 0.25) is 0 Å². The average Bonchev–Trinajstić information content (AvgIpc) is 3.41. The van der Waals surface area contributed by atoms with Gasteiger partial charge in [0.2, 0.25) is 0 Å². The molecule has 0 fully saturated rings. The van der Waals surface area contributed by atoms with Crippen LogP contribution in [0.3, 0.4) is 0 Å². The highest BCUT2D eigenvalue weighted by Gasteiger charge is 2.24. The van der Waals surface area contributed by atoms with E-state index >= 15 is 0 Å². The molecule has 0 unspecified atom stereocenters. The zero-order valence-corrected chi connectivity index (χ0v) is 16.9. The van der Waals surface area contributed by atoms with Crippen molar-refractivity contribution in [2.45, 2.75) is 39.5 Å². The number of carbonyl (C=O) groups excluding carboxylic acids is 1. The standard InChI is InChI=1S/C21H22N8O/c1-21(2)7-5-14(6-8-21)16-9-13(10-18-26-28-29-27-18)3-4-17(16)25-20(30)19-23-12-15(11-22)24-19/h3-5,9,12H,6-8,10H2,1-2H3,(H,23,24)(H,25,30)(H,26,27,28,29). The molecule has 2 aromatic heterocycles. The summed E-state index contributed by atoms with van der Waals surface area (Å²) in [6, 6.07) is 7.85. The Labute approximate surface area is 173 Å². The normalized spacial score (nSPS) is 15.3. The summed E-state index contributed by atoms with van der Waals surface area (Å²) in [6.45, 7) is 4.53. The molecule has 1 aromatic carbocycles. The summed E-state index contributed by atoms with van der Waals surface area (Å²) in [5.41, 5.74) is 4.46. The molecule has 30 heavy (non-hydrogen) atoms. The number of nitriles is 1. The second-order valence-corrected chi connectivity index (χ2v) is 8.21. The molecule has 0 spiro atoms. The highest BCUT2D eigenvalue weighted by Crippen LogP contribution is 2.40. The van der Waals surface area contributed by atoms with Gasteiger partial charge in [-0.1, -0.05) is 26.0 Å². The van der Waals surface area contributed by atoms with E-state index in [1.807, 2.05) is 18.2 Å². The molecule has 0 atom stereocenters. The predicted molar refractivity (Wildman–Crippen MR) is 110 cm³/mol. The van der Waals surface area contributed by atoms with Crippen LogP contribution in [0.15, 0.2) is 30.5 Å². The maximum atomic E-state index is 12.7. The summed E-state index contributed by atoms with van der Waals surface area (Å²) in [4.78, 5) is 19.3. The van der Waals surface area contributed by atoms with E-state index < -0.39 is 0 Å². The Bertz CT molecular complexity index is 1130. The Morgan fingerprint density at radius 3 is 2.90 bits per heavy atom. The fourth-order valence-electron chi connectivity index (χ4n) is 3.52. The lowest BCUT2D eigenvalue weighted by Crippen LogP contribution is -2.17. The molecule has 2 heterocycles. The third kappa shape index (κ3) is 4.27. The van der Waals surface area contributed by atoms with Gasteiger partial charge >= 0.3 is 0 Å². The summed E-state index contributed by atoms with van der Waals surface area (Å²) in [7, 11) is 0. The molecule has 9 heteroatoms. The minimum absolute atomic E-state index is 0.105. The second-order valence-electron chi connectivity index (χ2n) is 8.21. The van der Waals surface area contributed by atoms with Gasteiger partial charge in [-0.3, -0.25) is 4.79 Å². The molecule has 3 aromatic rings. The monoisotopic (exact) mass is 402 g/mol. The number of hydrogen-bond donors (Lipinski definition) is 3. The Balaban J connectivity index is 1.65. The molecule has 3 N–H and O–H groups in total. The van der Waals surface area contributed by atoms with E-state index in [4.69, 9.17) is 5.26 Å². The summed E-state index contributed by atoms with van der Waals surface area (Å²) < 4.78 is 0. The number of hydrogen-bond acceptors (Lipinski definition) is 6. The number of aromatic nitrogens is 6. The van der Waals surface area contributed by atoms with Gasteiger partial charge in [-0.2, -0.15) is 5.26 Å². The maximum absolute atomic E-state index is 12.7. The van der Waals surface area contributed by atoms with Crippen LogP contribution in [0.1, 0.15) is 66.4 Å². The van der Waals surface area contributed by atoms with E-state index in [-0.39, 0.29) is 22.8 Å². The molecule has 0 radical (unpaired) electrons. The smallest absolute Gasteiger partial charge is 0.291 e. The van der Waals surface area contributed by atoms with Crippen molar-refractivity contribution in [3.63, 3.8) is 0 Å². The first-order chi connectivity index (χ1) is 14.4. The summed E-state index contributed by atoms with van der Waals surface area (Å²) in [5.74, 6) is 0.394. The molecule has 1 aliphatic carbocycles. The van der Waals surface area contributed by atoms with Gasteiger partial charge in [-0.05, 0) is 58.4 Å². The van der Waals surface area contributed by atoms with Crippen LogP contribution in [0.4, 0.5) is 5.69 Å². The molecule has 0 aliphatic heterocycles. The number of carbonyl (C=O) groups is 1. The van der Waals surface area contributed by atoms with E-state index in [2.05, 4.69) is 61.9 Å². The molecule has 1 aliphatic rings. The number of anilines is 1. The van der Waals surface area contributed by atoms with E-state index in [1.165, 1.54) is 11.8 Å². The third-order valence-corrected chi connectivity index (χ3v) is 5.32. The van der Waals surface area contributed by atoms with E-state index in [9.17, 15) is 4.79 Å². The topological polar surface area (TPSA) is 136 Å². The van der Waals surface area contributed by atoms with Gasteiger partial charge in [0.15, 0.2) is 11.6 Å². The average molecular weight is 402 g/mol. The number of imidazole rings is 1. The molecule has 9 nitrogen and oxygen atoms in total. The van der Waals surface area contributed by atoms with Crippen molar-refractivity contribution in [2.24, 2.45) is 5.41 Å². The Morgan fingerprint density at radius 2 is 2.23 bits per heavy atom. The second kappa shape index (κ2) is 7.91. The van der Waals surface area contributed by atoms with Crippen LogP contribution in [0.25, 0.3) is 5.57 Å². The Kier molecular flexibility index (Phi) is 5.14. The number of aromatic amines is 2. The molecule has 0 bridgehead atoms. The summed E-state index contributed by atoms with van der Waals surface area (Å²) >= 11 is 0. The first-order valence-corrected chi connectivity index (χ1v) is 9.75. The SMILES string of the molecule is CC1(C)CC=C(c2cc(Cc3nnn[nH]3)ccc2NC(=O)c2ncc(C#N)[nH]2)CC1. The van der Waals surface area contributed by atoms with Gasteiger partial charge in [0.25, 0.3) is 5.91 Å². The van der Waals surface area contributed by atoms with Crippen molar-refractivity contribution in [2.75, 3.05) is 5.32 Å². The number of nitrogens with zero attached hydrogens (tertiary/aromatic N) is 5. The van der Waals surface area contributed by atoms with Crippen molar-refractivity contribution in [3.05, 3.63) is 58.9 Å². The van der Waals surface area contributed by atoms with Crippen molar-refractivity contribution in [3.8, 4) is 6.07 Å². The van der Waals surface area contributed by atoms with Gasteiger partial charge in [-0.25, -0.2) is 10.1 Å². The summed E-state index contributed by atoms with van der Waals surface area (Å²) in [5, 5.41) is 25.9. The molecule has 0 saturated carbocycles. The van der Waals surface area contributed by atoms with Gasteiger partial charge in [0, 0.05) is 17.7 Å². The fraction of sp³-hybridized carbons (Fsp3) is 0.333. The minimum Gasteiger partial charge on any atom is -0.326 e. The van der Waals surface area contributed by atoms with Gasteiger partial charge < -0.3 is 10.3 Å². The molecule has 152 valence electrons. The number of rotatable bonds is 5. The van der Waals surface area contributed by atoms with Gasteiger partial charge in [0.05, 0.1) is 6.20 Å². The van der Waals surface area contributed by atoms with E-state index in [0.29, 0.717) is 17.9 Å². The van der Waals surface area contributed by atoms with E-state index in [0.717, 1.165) is 30.4 Å². The predicted octanol–water partition coefficient (Wildman–Crippen LogP) is 3.23. The molecule has 1 amide bonds. The highest BCUT2D eigenvalue weighted by molar-refractivity contribution is 6.03. The fourth-order valence-corrected chi connectivity index (χ4v) is 3.52. The Hall–Kier alpha value is -3.80. The number of H-pyrrole nitrogens is 2. The zero-order chi connectivity index (χ0) is 21.1. The lowest BCUT2D eigenvalue weighted by molar-refractivity contribution is 0.101. The van der Waals surface area contributed by atoms with Crippen LogP contribution in [-0.2, 0) is 6.42 Å². The van der Waals surface area contributed by atoms with Crippen molar-refractivity contribution in [1.29, 1.82) is 5.26 Å². The lowest BCUT2D eigenvalue weighted by Gasteiger charge is -2.29. The number of benzene rings is 1. The molecular weight excluding hydrogens is 380 g/mol. The van der Waals surface area contributed by atoms with Crippen LogP contribution < -0.4 is 5.32 Å². The maximum Gasteiger partial charge on any atom is 0.291 e. The van der Waals surface area contributed by atoms with Crippen LogP contribution in [0.5, 0.6) is 0 Å². The lowest BCUT2D eigenvalue weighted by atomic mass is 9.76. The highest BCUT2D eigenvalue weighted by atomic mass is 16.2. The number of amides is 1. The van der Waals surface area contributed by atoms with Crippen LogP contribution in [-0.4, -0.2) is 36.5 Å². The van der Waals surface area contributed by atoms with Crippen LogP contribution >= 0.6 is 0 Å². The first-order valence-electron chi connectivity index (χ1n) is 9.75. The Morgan fingerprint density at radius 1 is 1.37 bits per heavy atom. The molecule has 0 saturated heterocycles.